The zero-order valence-corrected chi connectivity index (χ0v) is 16.5. The van der Waals surface area contributed by atoms with E-state index in [-0.39, 0.29) is 54.7 Å². The second-order valence-electron chi connectivity index (χ2n) is 7.61. The minimum absolute atomic E-state index is 0.0197. The molecule has 2 amide bonds. The Bertz CT molecular complexity index is 856. The van der Waals surface area contributed by atoms with Crippen LogP contribution in [0.3, 0.4) is 0 Å². The second kappa shape index (κ2) is 8.50. The Morgan fingerprint density at radius 2 is 2.07 bits per heavy atom. The van der Waals surface area contributed by atoms with Gasteiger partial charge in [-0.25, -0.2) is 4.79 Å². The van der Waals surface area contributed by atoms with Gasteiger partial charge in [-0.2, -0.15) is 0 Å². The monoisotopic (exact) mass is 422 g/mol. The summed E-state index contributed by atoms with van der Waals surface area (Å²) in [6, 6.07) is 2.38. The fourth-order valence-electron chi connectivity index (χ4n) is 3.47. The number of aromatic carboxylic acids is 1. The number of amides is 2. The molecule has 0 bridgehead atoms. The van der Waals surface area contributed by atoms with Crippen LogP contribution in [-0.4, -0.2) is 76.4 Å². The molecule has 6 N–H and O–H groups in total. The van der Waals surface area contributed by atoms with Crippen LogP contribution in [0.15, 0.2) is 12.1 Å². The van der Waals surface area contributed by atoms with E-state index in [2.05, 4.69) is 5.32 Å². The number of carboxylic acids is 1. The molecule has 0 radical (unpaired) electrons. The second-order valence-corrected chi connectivity index (χ2v) is 7.61. The van der Waals surface area contributed by atoms with Gasteiger partial charge < -0.3 is 40.5 Å². The van der Waals surface area contributed by atoms with Gasteiger partial charge in [0, 0.05) is 13.5 Å². The molecule has 1 atom stereocenters. The summed E-state index contributed by atoms with van der Waals surface area (Å²) < 4.78 is 10.9. The first kappa shape index (κ1) is 21.9. The molecule has 1 fully saturated rings. The molecular formula is C18H25BN3O8-. The van der Waals surface area contributed by atoms with Crippen molar-refractivity contribution < 1.29 is 38.9 Å². The van der Waals surface area contributed by atoms with Crippen LogP contribution < -0.4 is 20.4 Å². The zero-order valence-electron chi connectivity index (χ0n) is 16.5. The summed E-state index contributed by atoms with van der Waals surface area (Å²) in [7, 11) is 0. The van der Waals surface area contributed by atoms with Crippen molar-refractivity contribution in [2.24, 2.45) is 5.73 Å². The number of rotatable bonds is 7. The van der Waals surface area contributed by atoms with Gasteiger partial charge in [-0.05, 0) is 24.5 Å². The Kier molecular flexibility index (Phi) is 6.20. The van der Waals surface area contributed by atoms with Crippen LogP contribution in [0.1, 0.15) is 29.3 Å². The maximum Gasteiger partial charge on any atom is 0.430 e. The number of fused-ring (bicyclic) bond motifs is 1. The number of benzene rings is 1. The number of nitrogens with zero attached hydrogens (tertiary/aromatic N) is 1. The zero-order chi connectivity index (χ0) is 22.1. The quantitative estimate of drug-likeness (QED) is 0.335. The number of carbonyl (C=O) groups excluding carboxylic acids is 2. The summed E-state index contributed by atoms with van der Waals surface area (Å²) in [6.07, 6.45) is 0.117. The van der Waals surface area contributed by atoms with Crippen molar-refractivity contribution >= 4 is 24.5 Å². The van der Waals surface area contributed by atoms with E-state index in [4.69, 9.17) is 15.1 Å². The van der Waals surface area contributed by atoms with Crippen molar-refractivity contribution in [2.75, 3.05) is 19.6 Å². The Labute approximate surface area is 172 Å². The Morgan fingerprint density at radius 3 is 2.70 bits per heavy atom. The Hall–Kier alpha value is -2.83. The predicted octanol–water partition coefficient (Wildman–Crippen LogP) is -1.31. The predicted molar refractivity (Wildman–Crippen MR) is 105 cm³/mol. The summed E-state index contributed by atoms with van der Waals surface area (Å²) in [5.74, 6) is -1.87. The number of nitrogens with two attached hydrogens (primary N) is 1. The van der Waals surface area contributed by atoms with Gasteiger partial charge in [-0.15, -0.1) is 0 Å². The van der Waals surface area contributed by atoms with Crippen LogP contribution in [0.2, 0.25) is 6.32 Å². The standard InChI is InChI=1S/C18H25BN3O8/c1-10(23)21-7-5-13(20)17(24)22-8-12(9-22)29-14-3-2-11-4-6-19(27,28)30-16(11)15(14)18(25)26/h2-3,12-13,27-28H,4-9,20H2,1H3,(H,21,23)(H,25,26)/q-1/t13-/m0/s1. The van der Waals surface area contributed by atoms with E-state index in [1.54, 1.807) is 6.07 Å². The third kappa shape index (κ3) is 4.83. The summed E-state index contributed by atoms with van der Waals surface area (Å²) in [4.78, 5) is 36.4. The summed E-state index contributed by atoms with van der Waals surface area (Å²) in [6.45, 7) is -0.974. The molecule has 0 aromatic heterocycles. The molecule has 164 valence electrons. The van der Waals surface area contributed by atoms with Crippen molar-refractivity contribution in [2.45, 2.75) is 38.2 Å². The van der Waals surface area contributed by atoms with Gasteiger partial charge in [-0.3, -0.25) is 9.59 Å². The molecule has 30 heavy (non-hydrogen) atoms. The molecule has 12 heteroatoms. The molecule has 0 aliphatic carbocycles. The normalized spacial score (nSPS) is 18.5. The smallest absolute Gasteiger partial charge is 0.430 e. The van der Waals surface area contributed by atoms with E-state index < -0.39 is 24.9 Å². The van der Waals surface area contributed by atoms with Gasteiger partial charge in [-0.1, -0.05) is 12.4 Å². The molecule has 11 nitrogen and oxygen atoms in total. The van der Waals surface area contributed by atoms with Gasteiger partial charge >= 0.3 is 12.7 Å². The number of hydrogen-bond acceptors (Lipinski definition) is 8. The van der Waals surface area contributed by atoms with E-state index in [0.717, 1.165) is 0 Å². The lowest BCUT2D eigenvalue weighted by Crippen LogP contribution is -2.60. The average molecular weight is 422 g/mol. The van der Waals surface area contributed by atoms with Gasteiger partial charge in [0.1, 0.15) is 17.4 Å². The summed E-state index contributed by atoms with van der Waals surface area (Å²) in [5, 5.41) is 31.7. The molecule has 1 aromatic carbocycles. The topological polar surface area (TPSA) is 172 Å². The minimum Gasteiger partial charge on any atom is -0.669 e. The van der Waals surface area contributed by atoms with E-state index in [1.807, 2.05) is 0 Å². The SMILES string of the molecule is CC(=O)NCC[C@H](N)C(=O)N1CC(Oc2ccc3c(c2C(=O)O)O[B-](O)(O)CC3)C1. The van der Waals surface area contributed by atoms with E-state index >= 15 is 0 Å². The maximum atomic E-state index is 12.3. The number of carbonyl (C=O) groups is 3. The molecule has 2 aliphatic rings. The molecule has 0 saturated carbocycles. The van der Waals surface area contributed by atoms with Gasteiger partial charge in [0.15, 0.2) is 0 Å². The van der Waals surface area contributed by atoms with E-state index in [9.17, 15) is 29.5 Å². The number of nitrogens with one attached hydrogen (secondary N) is 1. The Balaban J connectivity index is 1.61. The van der Waals surface area contributed by atoms with Gasteiger partial charge in [0.2, 0.25) is 11.8 Å². The lowest BCUT2D eigenvalue weighted by atomic mass is 9.70. The highest BCUT2D eigenvalue weighted by atomic mass is 16.6. The van der Waals surface area contributed by atoms with Crippen LogP contribution in [0.5, 0.6) is 11.5 Å². The highest BCUT2D eigenvalue weighted by Gasteiger charge is 2.37. The third-order valence-electron chi connectivity index (χ3n) is 5.11. The molecule has 0 spiro atoms. The van der Waals surface area contributed by atoms with Crippen LogP contribution in [0, 0.1) is 0 Å². The van der Waals surface area contributed by atoms with Crippen molar-refractivity contribution in [1.82, 2.24) is 10.2 Å². The van der Waals surface area contributed by atoms with Crippen LogP contribution in [0.25, 0.3) is 0 Å². The molecule has 1 saturated heterocycles. The fraction of sp³-hybridized carbons (Fsp3) is 0.500. The number of hydrogen-bond donors (Lipinski definition) is 5. The maximum absolute atomic E-state index is 12.3. The number of ether oxygens (including phenoxy) is 1. The van der Waals surface area contributed by atoms with Crippen molar-refractivity contribution in [1.29, 1.82) is 0 Å². The molecule has 1 aromatic rings. The average Bonchev–Trinajstić information content (AvgIpc) is 2.61. The largest absolute Gasteiger partial charge is 0.669 e. The lowest BCUT2D eigenvalue weighted by molar-refractivity contribution is -0.141. The van der Waals surface area contributed by atoms with Crippen molar-refractivity contribution in [3.8, 4) is 11.5 Å². The molecule has 0 unspecified atom stereocenters. The third-order valence-corrected chi connectivity index (χ3v) is 5.11. The van der Waals surface area contributed by atoms with Crippen LogP contribution in [-0.2, 0) is 16.0 Å². The van der Waals surface area contributed by atoms with Crippen LogP contribution in [0.4, 0.5) is 0 Å². The highest BCUT2D eigenvalue weighted by molar-refractivity contribution is 6.59. The molecule has 2 aliphatic heterocycles. The van der Waals surface area contributed by atoms with Crippen LogP contribution >= 0.6 is 0 Å². The number of carboxylic acid groups (broad SMARTS) is 1. The highest BCUT2D eigenvalue weighted by Crippen LogP contribution is 2.38. The number of aryl methyl sites for hydroxylation is 1. The van der Waals surface area contributed by atoms with Crippen molar-refractivity contribution in [3.05, 3.63) is 23.3 Å². The summed E-state index contributed by atoms with van der Waals surface area (Å²) >= 11 is 0. The first-order chi connectivity index (χ1) is 14.1. The lowest BCUT2D eigenvalue weighted by Gasteiger charge is -2.41. The van der Waals surface area contributed by atoms with E-state index in [0.29, 0.717) is 18.5 Å². The van der Waals surface area contributed by atoms with Gasteiger partial charge in [0.05, 0.1) is 24.9 Å². The van der Waals surface area contributed by atoms with Gasteiger partial charge in [0.25, 0.3) is 0 Å². The molecular weight excluding hydrogens is 397 g/mol. The van der Waals surface area contributed by atoms with Crippen molar-refractivity contribution in [3.63, 3.8) is 0 Å². The Morgan fingerprint density at radius 1 is 1.37 bits per heavy atom. The van der Waals surface area contributed by atoms with E-state index in [1.165, 1.54) is 17.9 Å². The number of likely N-dealkylation sites (tertiary alicyclic amines) is 1. The fourth-order valence-corrected chi connectivity index (χ4v) is 3.47. The molecule has 2 heterocycles. The summed E-state index contributed by atoms with van der Waals surface area (Å²) in [5.41, 5.74) is 6.13. The minimum atomic E-state index is -3.12. The first-order valence-corrected chi connectivity index (χ1v) is 9.71. The molecule has 3 rings (SSSR count). The first-order valence-electron chi connectivity index (χ1n) is 9.71.